The highest BCUT2D eigenvalue weighted by Gasteiger charge is 2.27. The van der Waals surface area contributed by atoms with E-state index < -0.39 is 5.91 Å². The highest BCUT2D eigenvalue weighted by atomic mass is 16.5. The van der Waals surface area contributed by atoms with E-state index >= 15 is 0 Å². The summed E-state index contributed by atoms with van der Waals surface area (Å²) in [5.41, 5.74) is 11.4. The molecule has 0 unspecified atom stereocenters. The Morgan fingerprint density at radius 1 is 1.20 bits per heavy atom. The minimum absolute atomic E-state index is 0.394. The number of carbonyl (C=O) groups is 1. The molecule has 1 heterocycles. The third-order valence-corrected chi connectivity index (χ3v) is 3.04. The van der Waals surface area contributed by atoms with Crippen LogP contribution in [-0.2, 0) is 0 Å². The summed E-state index contributed by atoms with van der Waals surface area (Å²) in [4.78, 5) is 19.5. The number of benzene rings is 1. The first-order valence-electron chi connectivity index (χ1n) is 6.34. The number of nitrogens with two attached hydrogens (primary N) is 2. The van der Waals surface area contributed by atoms with Crippen LogP contribution in [0.3, 0.4) is 0 Å². The summed E-state index contributed by atoms with van der Waals surface area (Å²) in [6.45, 7) is 0. The zero-order valence-electron chi connectivity index (χ0n) is 10.7. The number of amides is 1. The van der Waals surface area contributed by atoms with Gasteiger partial charge in [0.25, 0.3) is 0 Å². The van der Waals surface area contributed by atoms with Crippen molar-refractivity contribution in [3.8, 4) is 11.6 Å². The van der Waals surface area contributed by atoms with E-state index in [0.717, 1.165) is 18.7 Å². The number of carbonyl (C=O) groups excluding carboxylic acids is 1. The topological polar surface area (TPSA) is 104 Å². The van der Waals surface area contributed by atoms with Gasteiger partial charge in [-0.3, -0.25) is 4.79 Å². The smallest absolute Gasteiger partial charge is 0.248 e. The van der Waals surface area contributed by atoms with Crippen LogP contribution in [0.2, 0.25) is 0 Å². The number of hydrogen-bond donors (Lipinski definition) is 2. The molecule has 1 aliphatic carbocycles. The first kappa shape index (κ1) is 12.4. The molecule has 0 atom stereocenters. The first-order chi connectivity index (χ1) is 9.61. The zero-order valence-corrected chi connectivity index (χ0v) is 10.7. The van der Waals surface area contributed by atoms with Crippen molar-refractivity contribution in [1.82, 2.24) is 9.97 Å². The monoisotopic (exact) mass is 270 g/mol. The fourth-order valence-corrected chi connectivity index (χ4v) is 1.85. The Labute approximate surface area is 115 Å². The number of nitrogen functional groups attached to an aromatic ring is 1. The van der Waals surface area contributed by atoms with Crippen molar-refractivity contribution in [2.24, 2.45) is 5.73 Å². The molecule has 1 saturated carbocycles. The van der Waals surface area contributed by atoms with E-state index in [4.69, 9.17) is 16.2 Å². The summed E-state index contributed by atoms with van der Waals surface area (Å²) in [7, 11) is 0. The van der Waals surface area contributed by atoms with Crippen LogP contribution in [0, 0.1) is 0 Å². The van der Waals surface area contributed by atoms with Crippen molar-refractivity contribution in [3.63, 3.8) is 0 Å². The third kappa shape index (κ3) is 2.69. The van der Waals surface area contributed by atoms with Crippen LogP contribution in [0.1, 0.15) is 34.9 Å². The van der Waals surface area contributed by atoms with E-state index in [-0.39, 0.29) is 0 Å². The van der Waals surface area contributed by atoms with Crippen LogP contribution in [0.4, 0.5) is 5.82 Å². The summed E-state index contributed by atoms with van der Waals surface area (Å²) in [6.07, 6.45) is 2.19. The van der Waals surface area contributed by atoms with Crippen molar-refractivity contribution in [1.29, 1.82) is 0 Å². The number of rotatable bonds is 4. The molecule has 3 rings (SSSR count). The lowest BCUT2D eigenvalue weighted by Crippen LogP contribution is -2.10. The quantitative estimate of drug-likeness (QED) is 0.881. The SMILES string of the molecule is NC(=O)c1ccc(Oc2cc(N)nc(C3CC3)n2)cc1. The lowest BCUT2D eigenvalue weighted by molar-refractivity contribution is 0.100. The van der Waals surface area contributed by atoms with Gasteiger partial charge in [0.15, 0.2) is 0 Å². The molecular formula is C14H14N4O2. The Kier molecular flexibility index (Phi) is 2.98. The molecule has 0 saturated heterocycles. The second-order valence-electron chi connectivity index (χ2n) is 4.75. The van der Waals surface area contributed by atoms with Crippen LogP contribution in [0.25, 0.3) is 0 Å². The molecule has 0 spiro atoms. The standard InChI is InChI=1S/C14H14N4O2/c15-11-7-12(18-14(17-11)9-1-2-9)20-10-5-3-8(4-6-10)13(16)19/h3-7,9H,1-2H2,(H2,16,19)(H2,15,17,18). The van der Waals surface area contributed by atoms with Crippen molar-refractivity contribution >= 4 is 11.7 Å². The summed E-state index contributed by atoms with van der Waals surface area (Å²) >= 11 is 0. The minimum Gasteiger partial charge on any atom is -0.439 e. The van der Waals surface area contributed by atoms with E-state index in [1.165, 1.54) is 0 Å². The van der Waals surface area contributed by atoms with Crippen molar-refractivity contribution < 1.29 is 9.53 Å². The maximum absolute atomic E-state index is 11.0. The molecule has 1 aliphatic rings. The largest absolute Gasteiger partial charge is 0.439 e. The highest BCUT2D eigenvalue weighted by Crippen LogP contribution is 2.39. The van der Waals surface area contributed by atoms with E-state index in [1.807, 2.05) is 0 Å². The van der Waals surface area contributed by atoms with Gasteiger partial charge in [0, 0.05) is 17.5 Å². The summed E-state index contributed by atoms with van der Waals surface area (Å²) in [6, 6.07) is 8.10. The fourth-order valence-electron chi connectivity index (χ4n) is 1.85. The molecule has 20 heavy (non-hydrogen) atoms. The van der Waals surface area contributed by atoms with E-state index in [9.17, 15) is 4.79 Å². The molecule has 102 valence electrons. The van der Waals surface area contributed by atoms with Gasteiger partial charge in [-0.2, -0.15) is 4.98 Å². The fraction of sp³-hybridized carbons (Fsp3) is 0.214. The van der Waals surface area contributed by atoms with Gasteiger partial charge in [-0.25, -0.2) is 4.98 Å². The summed E-state index contributed by atoms with van der Waals surface area (Å²) in [5, 5.41) is 0. The maximum Gasteiger partial charge on any atom is 0.248 e. The Morgan fingerprint density at radius 2 is 1.90 bits per heavy atom. The Bertz CT molecular complexity index is 651. The molecule has 6 nitrogen and oxygen atoms in total. The van der Waals surface area contributed by atoms with Crippen molar-refractivity contribution in [3.05, 3.63) is 41.7 Å². The number of ether oxygens (including phenoxy) is 1. The van der Waals surface area contributed by atoms with E-state index in [0.29, 0.717) is 28.9 Å². The predicted molar refractivity (Wildman–Crippen MR) is 73.5 cm³/mol. The first-order valence-corrected chi connectivity index (χ1v) is 6.34. The third-order valence-electron chi connectivity index (χ3n) is 3.04. The number of nitrogens with zero attached hydrogens (tertiary/aromatic N) is 2. The zero-order chi connectivity index (χ0) is 14.1. The van der Waals surface area contributed by atoms with Gasteiger partial charge in [0.1, 0.15) is 17.4 Å². The molecule has 0 aliphatic heterocycles. The van der Waals surface area contributed by atoms with Crippen molar-refractivity contribution in [2.75, 3.05) is 5.73 Å². The number of aromatic nitrogens is 2. The average Bonchev–Trinajstić information content (AvgIpc) is 3.23. The second kappa shape index (κ2) is 4.80. The number of hydrogen-bond acceptors (Lipinski definition) is 5. The lowest BCUT2D eigenvalue weighted by atomic mass is 10.2. The second-order valence-corrected chi connectivity index (χ2v) is 4.75. The molecule has 6 heteroatoms. The van der Waals surface area contributed by atoms with Crippen LogP contribution >= 0.6 is 0 Å². The molecular weight excluding hydrogens is 256 g/mol. The Morgan fingerprint density at radius 3 is 2.50 bits per heavy atom. The van der Waals surface area contributed by atoms with Gasteiger partial charge in [-0.15, -0.1) is 0 Å². The molecule has 1 aromatic heterocycles. The minimum atomic E-state index is -0.473. The van der Waals surface area contributed by atoms with Gasteiger partial charge in [-0.1, -0.05) is 0 Å². The van der Waals surface area contributed by atoms with Gasteiger partial charge in [-0.05, 0) is 37.1 Å². The van der Waals surface area contributed by atoms with E-state index in [2.05, 4.69) is 9.97 Å². The van der Waals surface area contributed by atoms with Gasteiger partial charge in [0.05, 0.1) is 0 Å². The molecule has 2 aromatic rings. The Hall–Kier alpha value is -2.63. The highest BCUT2D eigenvalue weighted by molar-refractivity contribution is 5.92. The van der Waals surface area contributed by atoms with Crippen LogP contribution in [-0.4, -0.2) is 15.9 Å². The number of anilines is 1. The summed E-state index contributed by atoms with van der Waals surface area (Å²) < 4.78 is 5.63. The summed E-state index contributed by atoms with van der Waals surface area (Å²) in [5.74, 6) is 2.03. The van der Waals surface area contributed by atoms with Crippen molar-refractivity contribution in [2.45, 2.75) is 18.8 Å². The molecule has 0 bridgehead atoms. The lowest BCUT2D eigenvalue weighted by Gasteiger charge is -2.07. The maximum atomic E-state index is 11.0. The molecule has 4 N–H and O–H groups in total. The predicted octanol–water partition coefficient (Wildman–Crippen LogP) is 1.83. The van der Waals surface area contributed by atoms with Gasteiger partial charge >= 0.3 is 0 Å². The van der Waals surface area contributed by atoms with Crippen LogP contribution < -0.4 is 16.2 Å². The molecule has 1 fully saturated rings. The van der Waals surface area contributed by atoms with Crippen LogP contribution in [0.5, 0.6) is 11.6 Å². The molecule has 1 amide bonds. The normalized spacial score (nSPS) is 14.0. The Balaban J connectivity index is 1.81. The molecule has 1 aromatic carbocycles. The molecule has 0 radical (unpaired) electrons. The van der Waals surface area contributed by atoms with Gasteiger partial charge < -0.3 is 16.2 Å². The average molecular weight is 270 g/mol. The van der Waals surface area contributed by atoms with E-state index in [1.54, 1.807) is 30.3 Å². The number of primary amides is 1. The van der Waals surface area contributed by atoms with Gasteiger partial charge in [0.2, 0.25) is 11.8 Å². The van der Waals surface area contributed by atoms with Crippen LogP contribution in [0.15, 0.2) is 30.3 Å².